The van der Waals surface area contributed by atoms with Gasteiger partial charge in [0, 0.05) is 29.3 Å². The molecule has 0 atom stereocenters. The number of ether oxygens (including phenoxy) is 1. The number of halogens is 1. The van der Waals surface area contributed by atoms with Gasteiger partial charge in [0.25, 0.3) is 0 Å². The van der Waals surface area contributed by atoms with E-state index >= 15 is 0 Å². The summed E-state index contributed by atoms with van der Waals surface area (Å²) < 4.78 is 6.30. The van der Waals surface area contributed by atoms with Crippen LogP contribution in [0.5, 0.6) is 5.75 Å². The average Bonchev–Trinajstić information content (AvgIpc) is 2.49. The molecule has 0 bridgehead atoms. The maximum absolute atomic E-state index is 7.52. The van der Waals surface area contributed by atoms with Gasteiger partial charge in [-0.25, -0.2) is 0 Å². The number of nitrogen functional groups attached to an aromatic ring is 1. The molecule has 0 aliphatic heterocycles. The summed E-state index contributed by atoms with van der Waals surface area (Å²) in [5.41, 5.74) is 8.41. The van der Waals surface area contributed by atoms with Crippen LogP contribution < -0.4 is 15.4 Å². The number of nitrogens with zero attached hydrogens (tertiary/aromatic N) is 1. The zero-order chi connectivity index (χ0) is 15.4. The van der Waals surface area contributed by atoms with Crippen molar-refractivity contribution in [3.8, 4) is 5.75 Å². The predicted octanol–water partition coefficient (Wildman–Crippen LogP) is 3.38. The van der Waals surface area contributed by atoms with Crippen molar-refractivity contribution in [3.05, 3.63) is 58.1 Å². The number of anilines is 1. The lowest BCUT2D eigenvalue weighted by Crippen LogP contribution is -2.18. The summed E-state index contributed by atoms with van der Waals surface area (Å²) in [6, 6.07) is 13.6. The third-order valence-corrected chi connectivity index (χ3v) is 4.03. The van der Waals surface area contributed by atoms with Crippen molar-refractivity contribution < 1.29 is 4.74 Å². The number of hydrogen-bond acceptors (Lipinski definition) is 3. The molecule has 0 amide bonds. The van der Waals surface area contributed by atoms with E-state index in [0.29, 0.717) is 0 Å². The van der Waals surface area contributed by atoms with Gasteiger partial charge in [-0.15, -0.1) is 0 Å². The van der Waals surface area contributed by atoms with E-state index in [1.165, 1.54) is 0 Å². The van der Waals surface area contributed by atoms with Crippen molar-refractivity contribution in [3.63, 3.8) is 0 Å². The minimum absolute atomic E-state index is 0.0767. The quantitative estimate of drug-likeness (QED) is 0.643. The van der Waals surface area contributed by atoms with E-state index in [1.807, 2.05) is 49.5 Å². The molecule has 0 radical (unpaired) electrons. The van der Waals surface area contributed by atoms with Crippen molar-refractivity contribution in [2.45, 2.75) is 6.54 Å². The minimum atomic E-state index is 0.0767. The Morgan fingerprint density at radius 3 is 2.71 bits per heavy atom. The number of benzene rings is 2. The Kier molecular flexibility index (Phi) is 4.85. The highest BCUT2D eigenvalue weighted by atomic mass is 79.9. The molecule has 0 aliphatic carbocycles. The number of hydrogen-bond donors (Lipinski definition) is 2. The average molecular weight is 348 g/mol. The van der Waals surface area contributed by atoms with Crippen LogP contribution in [0.4, 0.5) is 5.69 Å². The Bertz CT molecular complexity index is 658. The third kappa shape index (κ3) is 3.76. The fourth-order valence-electron chi connectivity index (χ4n) is 2.06. The second-order valence-corrected chi connectivity index (χ2v) is 5.63. The maximum atomic E-state index is 7.52. The predicted molar refractivity (Wildman–Crippen MR) is 90.3 cm³/mol. The Labute approximate surface area is 133 Å². The van der Waals surface area contributed by atoms with Crippen molar-refractivity contribution in [2.75, 3.05) is 19.1 Å². The molecular weight excluding hydrogens is 330 g/mol. The van der Waals surface area contributed by atoms with Gasteiger partial charge in [-0.2, -0.15) is 0 Å². The summed E-state index contributed by atoms with van der Waals surface area (Å²) in [4.78, 5) is 2.10. The van der Waals surface area contributed by atoms with Crippen LogP contribution in [0.15, 0.2) is 46.9 Å². The van der Waals surface area contributed by atoms with Gasteiger partial charge in [-0.05, 0) is 35.9 Å². The van der Waals surface area contributed by atoms with E-state index in [0.717, 1.165) is 33.6 Å². The number of methoxy groups -OCH3 is 1. The van der Waals surface area contributed by atoms with Crippen LogP contribution in [0, 0.1) is 5.41 Å². The first-order valence-corrected chi connectivity index (χ1v) is 7.28. The molecule has 0 unspecified atom stereocenters. The van der Waals surface area contributed by atoms with E-state index in [9.17, 15) is 0 Å². The largest absolute Gasteiger partial charge is 0.497 e. The molecule has 0 spiro atoms. The standard InChI is InChI=1S/C16H18BrN3O/c1-20(13-5-3-4-11(8-13)16(18)19)10-12-9-14(21-2)6-7-15(12)17/h3-9H,10H2,1-2H3,(H3,18,19). The highest BCUT2D eigenvalue weighted by Crippen LogP contribution is 2.25. The lowest BCUT2D eigenvalue weighted by molar-refractivity contribution is 0.414. The first kappa shape index (κ1) is 15.4. The fourth-order valence-corrected chi connectivity index (χ4v) is 2.43. The topological polar surface area (TPSA) is 62.3 Å². The molecule has 0 aliphatic rings. The van der Waals surface area contributed by atoms with E-state index < -0.39 is 0 Å². The Morgan fingerprint density at radius 1 is 1.29 bits per heavy atom. The van der Waals surface area contributed by atoms with Crippen LogP contribution in [-0.2, 0) is 6.54 Å². The summed E-state index contributed by atoms with van der Waals surface area (Å²) in [5.74, 6) is 0.909. The number of rotatable bonds is 5. The fraction of sp³-hybridized carbons (Fsp3) is 0.188. The van der Waals surface area contributed by atoms with Crippen LogP contribution in [0.2, 0.25) is 0 Å². The molecule has 2 rings (SSSR count). The second-order valence-electron chi connectivity index (χ2n) is 4.78. The lowest BCUT2D eigenvalue weighted by atomic mass is 10.1. The van der Waals surface area contributed by atoms with Crippen LogP contribution in [0.1, 0.15) is 11.1 Å². The molecular formula is C16H18BrN3O. The van der Waals surface area contributed by atoms with E-state index in [2.05, 4.69) is 20.8 Å². The highest BCUT2D eigenvalue weighted by Gasteiger charge is 2.08. The molecule has 0 saturated carbocycles. The molecule has 2 aromatic carbocycles. The molecule has 0 fully saturated rings. The molecule has 110 valence electrons. The van der Waals surface area contributed by atoms with E-state index in [1.54, 1.807) is 7.11 Å². The molecule has 5 heteroatoms. The third-order valence-electron chi connectivity index (χ3n) is 3.26. The van der Waals surface area contributed by atoms with Gasteiger partial charge >= 0.3 is 0 Å². The lowest BCUT2D eigenvalue weighted by Gasteiger charge is -2.21. The smallest absolute Gasteiger partial charge is 0.122 e. The van der Waals surface area contributed by atoms with Crippen LogP contribution >= 0.6 is 15.9 Å². The molecule has 4 nitrogen and oxygen atoms in total. The van der Waals surface area contributed by atoms with Gasteiger partial charge in [0.2, 0.25) is 0 Å². The molecule has 0 heterocycles. The first-order valence-electron chi connectivity index (χ1n) is 6.49. The normalized spacial score (nSPS) is 10.2. The van der Waals surface area contributed by atoms with Crippen molar-refractivity contribution in [1.29, 1.82) is 5.41 Å². The molecule has 0 saturated heterocycles. The van der Waals surface area contributed by atoms with E-state index in [-0.39, 0.29) is 5.84 Å². The summed E-state index contributed by atoms with van der Waals surface area (Å²) in [6.07, 6.45) is 0. The summed E-state index contributed by atoms with van der Waals surface area (Å²) in [5, 5.41) is 7.52. The summed E-state index contributed by atoms with van der Waals surface area (Å²) >= 11 is 3.56. The van der Waals surface area contributed by atoms with Gasteiger partial charge in [0.05, 0.1) is 7.11 Å². The highest BCUT2D eigenvalue weighted by molar-refractivity contribution is 9.10. The molecule has 2 aromatic rings. The first-order chi connectivity index (χ1) is 10.0. The van der Waals surface area contributed by atoms with E-state index in [4.69, 9.17) is 15.9 Å². The zero-order valence-electron chi connectivity index (χ0n) is 12.1. The Hall–Kier alpha value is -2.01. The molecule has 21 heavy (non-hydrogen) atoms. The summed E-state index contributed by atoms with van der Waals surface area (Å²) in [6.45, 7) is 0.721. The van der Waals surface area contributed by atoms with Crippen LogP contribution in [-0.4, -0.2) is 20.0 Å². The number of nitrogens with one attached hydrogen (secondary N) is 1. The number of nitrogens with two attached hydrogens (primary N) is 1. The monoisotopic (exact) mass is 347 g/mol. The Balaban J connectivity index is 2.23. The summed E-state index contributed by atoms with van der Waals surface area (Å²) in [7, 11) is 3.66. The van der Waals surface area contributed by atoms with Gasteiger partial charge in [-0.1, -0.05) is 28.1 Å². The van der Waals surface area contributed by atoms with Gasteiger partial charge in [-0.3, -0.25) is 5.41 Å². The van der Waals surface area contributed by atoms with Gasteiger partial charge < -0.3 is 15.4 Å². The SMILES string of the molecule is COc1ccc(Br)c(CN(C)c2cccc(C(=N)N)c2)c1. The van der Waals surface area contributed by atoms with Crippen molar-refractivity contribution >= 4 is 27.5 Å². The molecule has 3 N–H and O–H groups in total. The zero-order valence-corrected chi connectivity index (χ0v) is 13.6. The van der Waals surface area contributed by atoms with Crippen LogP contribution in [0.3, 0.4) is 0 Å². The van der Waals surface area contributed by atoms with Crippen molar-refractivity contribution in [2.24, 2.45) is 5.73 Å². The maximum Gasteiger partial charge on any atom is 0.122 e. The minimum Gasteiger partial charge on any atom is -0.497 e. The van der Waals surface area contributed by atoms with Gasteiger partial charge in [0.15, 0.2) is 0 Å². The van der Waals surface area contributed by atoms with Gasteiger partial charge in [0.1, 0.15) is 11.6 Å². The number of amidine groups is 1. The molecule has 0 aromatic heterocycles. The van der Waals surface area contributed by atoms with Crippen molar-refractivity contribution in [1.82, 2.24) is 0 Å². The Morgan fingerprint density at radius 2 is 2.05 bits per heavy atom. The van der Waals surface area contributed by atoms with Crippen LogP contribution in [0.25, 0.3) is 0 Å². The second kappa shape index (κ2) is 6.63.